The zero-order valence-corrected chi connectivity index (χ0v) is 19.5. The van der Waals surface area contributed by atoms with Crippen LogP contribution < -0.4 is 4.90 Å². The molecule has 3 aromatic rings. The summed E-state index contributed by atoms with van der Waals surface area (Å²) in [5, 5.41) is 9.32. The first-order valence-electron chi connectivity index (χ1n) is 9.99. The van der Waals surface area contributed by atoms with Gasteiger partial charge in [0.2, 0.25) is 0 Å². The smallest absolute Gasteiger partial charge is 0.264 e. The topological polar surface area (TPSA) is 103 Å². The number of benzene rings is 1. The summed E-state index contributed by atoms with van der Waals surface area (Å²) in [6.07, 6.45) is 1.23. The van der Waals surface area contributed by atoms with Crippen LogP contribution in [-0.4, -0.2) is 58.8 Å². The molecule has 1 aliphatic heterocycles. The number of halogens is 1. The Morgan fingerprint density at radius 1 is 1.23 bits per heavy atom. The van der Waals surface area contributed by atoms with Crippen molar-refractivity contribution in [1.29, 1.82) is 0 Å². The summed E-state index contributed by atoms with van der Waals surface area (Å²) in [6, 6.07) is 7.58. The van der Waals surface area contributed by atoms with E-state index in [9.17, 15) is 8.42 Å². The van der Waals surface area contributed by atoms with Crippen LogP contribution in [0, 0.1) is 0 Å². The average Bonchev–Trinajstić information content (AvgIpc) is 3.28. The minimum Gasteiger partial charge on any atom is -0.352 e. The molecule has 1 unspecified atom stereocenters. The van der Waals surface area contributed by atoms with Crippen LogP contribution in [-0.2, 0) is 26.3 Å². The molecule has 1 aromatic carbocycles. The average molecular weight is 465 g/mol. The van der Waals surface area contributed by atoms with Crippen LogP contribution in [0.4, 0.5) is 5.82 Å². The molecule has 0 spiro atoms. The van der Waals surface area contributed by atoms with Crippen molar-refractivity contribution in [2.75, 3.05) is 24.2 Å². The summed E-state index contributed by atoms with van der Waals surface area (Å²) in [5.41, 5.74) is 1.80. The summed E-state index contributed by atoms with van der Waals surface area (Å²) in [7, 11) is -3.53. The quantitative estimate of drug-likeness (QED) is 0.531. The Labute approximate surface area is 186 Å². The molecule has 31 heavy (non-hydrogen) atoms. The van der Waals surface area contributed by atoms with E-state index in [1.54, 1.807) is 4.68 Å². The van der Waals surface area contributed by atoms with Gasteiger partial charge >= 0.3 is 0 Å². The van der Waals surface area contributed by atoms with Crippen molar-refractivity contribution in [1.82, 2.24) is 25.0 Å². The molecule has 1 saturated heterocycles. The zero-order valence-electron chi connectivity index (χ0n) is 17.9. The monoisotopic (exact) mass is 464 g/mol. The van der Waals surface area contributed by atoms with Gasteiger partial charge in [0.1, 0.15) is 5.82 Å². The minimum absolute atomic E-state index is 0.301. The maximum Gasteiger partial charge on any atom is 0.264 e. The van der Waals surface area contributed by atoms with Gasteiger partial charge in [-0.2, -0.15) is 8.42 Å². The van der Waals surface area contributed by atoms with Crippen LogP contribution in [0.2, 0.25) is 5.02 Å². The summed E-state index contributed by atoms with van der Waals surface area (Å²) < 4.78 is 30.0. The predicted octanol–water partition coefficient (Wildman–Crippen LogP) is 2.78. The molecule has 1 fully saturated rings. The van der Waals surface area contributed by atoms with E-state index < -0.39 is 16.2 Å². The SMILES string of the molecule is CC(C)(C)c1nc(N2CCC(OS(C)(=O)=O)C2)c2nnn(Cc3ccccc3Cl)c2n1. The molecule has 0 bridgehead atoms. The highest BCUT2D eigenvalue weighted by molar-refractivity contribution is 7.86. The lowest BCUT2D eigenvalue weighted by molar-refractivity contribution is 0.234. The highest BCUT2D eigenvalue weighted by atomic mass is 35.5. The van der Waals surface area contributed by atoms with E-state index in [0.717, 1.165) is 11.8 Å². The standard InChI is InChI=1S/C20H25ClN6O3S/c1-20(2,3)19-22-17(26-10-9-14(12-26)30-31(4,28)29)16-18(23-19)27(25-24-16)11-13-7-5-6-8-15(13)21/h5-8,14H,9-12H2,1-4H3. The molecule has 1 aliphatic rings. The zero-order chi connectivity index (χ0) is 22.4. The first kappa shape index (κ1) is 21.9. The highest BCUT2D eigenvalue weighted by Crippen LogP contribution is 2.30. The van der Waals surface area contributed by atoms with Gasteiger partial charge in [-0.25, -0.2) is 14.6 Å². The molecule has 166 valence electrons. The number of anilines is 1. The molecule has 0 aliphatic carbocycles. The first-order valence-corrected chi connectivity index (χ1v) is 12.2. The third-order valence-corrected chi connectivity index (χ3v) is 6.04. The van der Waals surface area contributed by atoms with Crippen LogP contribution in [0.15, 0.2) is 24.3 Å². The van der Waals surface area contributed by atoms with Crippen molar-refractivity contribution in [2.24, 2.45) is 0 Å². The van der Waals surface area contributed by atoms with Crippen molar-refractivity contribution >= 4 is 38.7 Å². The van der Waals surface area contributed by atoms with Crippen molar-refractivity contribution < 1.29 is 12.6 Å². The third-order valence-electron chi connectivity index (χ3n) is 5.05. The largest absolute Gasteiger partial charge is 0.352 e. The van der Waals surface area contributed by atoms with Gasteiger partial charge < -0.3 is 4.90 Å². The van der Waals surface area contributed by atoms with E-state index in [1.165, 1.54) is 0 Å². The summed E-state index contributed by atoms with van der Waals surface area (Å²) in [5.74, 6) is 1.30. The third kappa shape index (κ3) is 4.81. The predicted molar refractivity (Wildman–Crippen MR) is 119 cm³/mol. The second kappa shape index (κ2) is 7.99. The lowest BCUT2D eigenvalue weighted by atomic mass is 9.96. The molecule has 0 amide bonds. The van der Waals surface area contributed by atoms with E-state index in [2.05, 4.69) is 10.3 Å². The Hall–Kier alpha value is -2.30. The molecule has 0 N–H and O–H groups in total. The fourth-order valence-electron chi connectivity index (χ4n) is 3.54. The molecule has 2 aromatic heterocycles. The van der Waals surface area contributed by atoms with E-state index in [0.29, 0.717) is 53.9 Å². The normalized spacial score (nSPS) is 17.6. The molecule has 11 heteroatoms. The number of aromatic nitrogens is 5. The van der Waals surface area contributed by atoms with Crippen molar-refractivity contribution in [3.63, 3.8) is 0 Å². The second-order valence-corrected chi connectivity index (χ2v) is 10.8. The maximum atomic E-state index is 11.5. The Kier molecular flexibility index (Phi) is 5.65. The fraction of sp³-hybridized carbons (Fsp3) is 0.500. The van der Waals surface area contributed by atoms with Gasteiger partial charge in [0.05, 0.1) is 18.9 Å². The van der Waals surface area contributed by atoms with Crippen LogP contribution in [0.5, 0.6) is 0 Å². The first-order chi connectivity index (χ1) is 14.5. The van der Waals surface area contributed by atoms with Gasteiger partial charge in [-0.05, 0) is 18.1 Å². The number of nitrogens with zero attached hydrogens (tertiary/aromatic N) is 6. The number of rotatable bonds is 5. The minimum atomic E-state index is -3.53. The molecular formula is C20H25ClN6O3S. The molecule has 9 nitrogen and oxygen atoms in total. The lowest BCUT2D eigenvalue weighted by Crippen LogP contribution is -2.27. The summed E-state index contributed by atoms with van der Waals surface area (Å²) >= 11 is 6.33. The van der Waals surface area contributed by atoms with Gasteiger partial charge in [-0.3, -0.25) is 4.18 Å². The number of hydrogen-bond acceptors (Lipinski definition) is 8. The van der Waals surface area contributed by atoms with E-state index in [-0.39, 0.29) is 5.41 Å². The van der Waals surface area contributed by atoms with Crippen LogP contribution >= 0.6 is 11.6 Å². The van der Waals surface area contributed by atoms with Crippen molar-refractivity contribution in [3.8, 4) is 0 Å². The highest BCUT2D eigenvalue weighted by Gasteiger charge is 2.31. The van der Waals surface area contributed by atoms with Crippen LogP contribution in [0.1, 0.15) is 38.6 Å². The number of fused-ring (bicyclic) bond motifs is 1. The van der Waals surface area contributed by atoms with E-state index >= 15 is 0 Å². The summed E-state index contributed by atoms with van der Waals surface area (Å²) in [4.78, 5) is 11.6. The van der Waals surface area contributed by atoms with Crippen molar-refractivity contribution in [2.45, 2.75) is 45.3 Å². The second-order valence-electron chi connectivity index (χ2n) is 8.79. The Morgan fingerprint density at radius 2 is 1.97 bits per heavy atom. The van der Waals surface area contributed by atoms with E-state index in [1.807, 2.05) is 49.9 Å². The van der Waals surface area contributed by atoms with Gasteiger partial charge in [0, 0.05) is 23.5 Å². The van der Waals surface area contributed by atoms with Crippen LogP contribution in [0.3, 0.4) is 0 Å². The molecule has 1 atom stereocenters. The molecule has 4 rings (SSSR count). The Morgan fingerprint density at radius 3 is 2.65 bits per heavy atom. The molecule has 3 heterocycles. The van der Waals surface area contributed by atoms with Gasteiger partial charge in [-0.15, -0.1) is 5.10 Å². The number of hydrogen-bond donors (Lipinski definition) is 0. The van der Waals surface area contributed by atoms with Crippen LogP contribution in [0.25, 0.3) is 11.2 Å². The maximum absolute atomic E-state index is 11.5. The lowest BCUT2D eigenvalue weighted by Gasteiger charge is -2.22. The van der Waals surface area contributed by atoms with Gasteiger partial charge in [0.25, 0.3) is 10.1 Å². The Bertz CT molecular complexity index is 1220. The molecule has 0 radical (unpaired) electrons. The summed E-state index contributed by atoms with van der Waals surface area (Å²) in [6.45, 7) is 7.56. The molecular weight excluding hydrogens is 440 g/mol. The Balaban J connectivity index is 1.75. The molecule has 0 saturated carbocycles. The van der Waals surface area contributed by atoms with Gasteiger partial charge in [0.15, 0.2) is 17.0 Å². The van der Waals surface area contributed by atoms with Crippen molar-refractivity contribution in [3.05, 3.63) is 40.7 Å². The fourth-order valence-corrected chi connectivity index (χ4v) is 4.39. The van der Waals surface area contributed by atoms with Gasteiger partial charge in [-0.1, -0.05) is 55.8 Å². The van der Waals surface area contributed by atoms with E-state index in [4.69, 9.17) is 25.8 Å².